The molecule has 0 saturated carbocycles. The largest absolute Gasteiger partial charge is 0.395 e. The maximum Gasteiger partial charge on any atom is 0.239 e. The summed E-state index contributed by atoms with van der Waals surface area (Å²) in [7, 11) is 0. The molecule has 0 aliphatic carbocycles. The van der Waals surface area contributed by atoms with Crippen LogP contribution >= 0.6 is 15.9 Å². The van der Waals surface area contributed by atoms with Crippen LogP contribution in [0.2, 0.25) is 0 Å². The van der Waals surface area contributed by atoms with Crippen molar-refractivity contribution in [1.82, 2.24) is 14.9 Å². The molecule has 106 valence electrons. The molecule has 1 aliphatic heterocycles. The van der Waals surface area contributed by atoms with E-state index in [4.69, 9.17) is 10.9 Å². The minimum Gasteiger partial charge on any atom is -0.395 e. The Morgan fingerprint density at radius 2 is 2.21 bits per heavy atom. The summed E-state index contributed by atoms with van der Waals surface area (Å²) in [4.78, 5) is 12.9. The van der Waals surface area contributed by atoms with Gasteiger partial charge in [-0.1, -0.05) is 0 Å². The monoisotopic (exact) mass is 330 g/mol. The molecule has 8 heteroatoms. The Balaban J connectivity index is 2.09. The summed E-state index contributed by atoms with van der Waals surface area (Å²) in [6, 6.07) is 0. The van der Waals surface area contributed by atoms with Crippen molar-refractivity contribution in [3.8, 4) is 0 Å². The number of nitrogens with one attached hydrogen (secondary N) is 1. The summed E-state index contributed by atoms with van der Waals surface area (Å²) < 4.78 is 0.863. The highest BCUT2D eigenvalue weighted by Crippen LogP contribution is 2.25. The molecule has 0 radical (unpaired) electrons. The van der Waals surface area contributed by atoms with E-state index in [0.29, 0.717) is 5.95 Å². The van der Waals surface area contributed by atoms with Crippen molar-refractivity contribution < 1.29 is 5.11 Å². The Hall–Kier alpha value is -0.960. The van der Waals surface area contributed by atoms with Gasteiger partial charge in [0, 0.05) is 32.4 Å². The number of β-amino-alcohol motifs (C(OH)–C–C–N with tert-alkyl or cyclic N) is 1. The van der Waals surface area contributed by atoms with E-state index in [0.717, 1.165) is 49.4 Å². The summed E-state index contributed by atoms with van der Waals surface area (Å²) in [6.45, 7) is 4.66. The van der Waals surface area contributed by atoms with Crippen LogP contribution in [0.5, 0.6) is 0 Å². The van der Waals surface area contributed by atoms with Gasteiger partial charge in [-0.3, -0.25) is 10.3 Å². The van der Waals surface area contributed by atoms with Crippen LogP contribution in [-0.2, 0) is 0 Å². The quantitative estimate of drug-likeness (QED) is 0.530. The van der Waals surface area contributed by atoms with Gasteiger partial charge < -0.3 is 10.0 Å². The van der Waals surface area contributed by atoms with Crippen LogP contribution in [0.25, 0.3) is 0 Å². The van der Waals surface area contributed by atoms with Crippen LogP contribution in [0, 0.1) is 0 Å². The third-order valence-electron chi connectivity index (χ3n) is 3.16. The number of aliphatic hydroxyl groups is 1. The second kappa shape index (κ2) is 6.99. The number of hydrogen-bond donors (Lipinski definition) is 3. The molecular weight excluding hydrogens is 312 g/mol. The van der Waals surface area contributed by atoms with Gasteiger partial charge in [-0.15, -0.1) is 0 Å². The van der Waals surface area contributed by atoms with Crippen LogP contribution in [-0.4, -0.2) is 59.3 Å². The second-order valence-electron chi connectivity index (χ2n) is 4.42. The second-order valence-corrected chi connectivity index (χ2v) is 5.27. The molecular formula is C11H19BrN6O. The van der Waals surface area contributed by atoms with E-state index in [1.165, 1.54) is 0 Å². The number of aliphatic hydroxyl groups excluding tert-OH is 1. The Morgan fingerprint density at radius 1 is 1.37 bits per heavy atom. The van der Waals surface area contributed by atoms with E-state index in [1.807, 2.05) is 0 Å². The molecule has 19 heavy (non-hydrogen) atoms. The molecule has 4 N–H and O–H groups in total. The van der Waals surface area contributed by atoms with E-state index in [1.54, 1.807) is 6.20 Å². The van der Waals surface area contributed by atoms with Crippen molar-refractivity contribution in [2.45, 2.75) is 6.42 Å². The number of halogens is 1. The zero-order chi connectivity index (χ0) is 13.7. The first-order valence-electron chi connectivity index (χ1n) is 6.32. The normalized spacial score (nSPS) is 17.3. The van der Waals surface area contributed by atoms with Gasteiger partial charge in [-0.2, -0.15) is 4.98 Å². The Bertz CT molecular complexity index is 418. The number of nitrogen functional groups attached to an aromatic ring is 1. The lowest BCUT2D eigenvalue weighted by atomic mass is 10.4. The topological polar surface area (TPSA) is 90.5 Å². The number of hydrazine groups is 1. The first kappa shape index (κ1) is 14.4. The number of hydrogen-bond acceptors (Lipinski definition) is 7. The minimum atomic E-state index is 0.207. The fraction of sp³-hybridized carbons (Fsp3) is 0.636. The third-order valence-corrected chi connectivity index (χ3v) is 3.72. The average Bonchev–Trinajstić information content (AvgIpc) is 2.65. The van der Waals surface area contributed by atoms with Crippen molar-refractivity contribution in [2.24, 2.45) is 5.84 Å². The van der Waals surface area contributed by atoms with Gasteiger partial charge >= 0.3 is 0 Å². The highest BCUT2D eigenvalue weighted by molar-refractivity contribution is 9.10. The molecule has 1 aromatic heterocycles. The third kappa shape index (κ3) is 3.75. The molecule has 2 heterocycles. The van der Waals surface area contributed by atoms with E-state index < -0.39 is 0 Å². The Labute approximate surface area is 120 Å². The van der Waals surface area contributed by atoms with Gasteiger partial charge in [0.05, 0.1) is 11.1 Å². The molecule has 0 atom stereocenters. The van der Waals surface area contributed by atoms with Crippen molar-refractivity contribution in [3.05, 3.63) is 10.7 Å². The number of nitrogens with two attached hydrogens (primary N) is 1. The predicted octanol–water partition coefficient (Wildman–Crippen LogP) is 0.0291. The van der Waals surface area contributed by atoms with Crippen LogP contribution in [0.1, 0.15) is 6.42 Å². The van der Waals surface area contributed by atoms with E-state index in [9.17, 15) is 0 Å². The molecule has 0 aromatic carbocycles. The van der Waals surface area contributed by atoms with E-state index in [2.05, 4.69) is 41.1 Å². The minimum absolute atomic E-state index is 0.207. The van der Waals surface area contributed by atoms with Crippen molar-refractivity contribution >= 4 is 27.7 Å². The fourth-order valence-electron chi connectivity index (χ4n) is 2.20. The van der Waals surface area contributed by atoms with Crippen LogP contribution in [0.3, 0.4) is 0 Å². The maximum atomic E-state index is 9.00. The van der Waals surface area contributed by atoms with Crippen LogP contribution < -0.4 is 16.2 Å². The van der Waals surface area contributed by atoms with Gasteiger partial charge in [0.25, 0.3) is 0 Å². The highest BCUT2D eigenvalue weighted by Gasteiger charge is 2.18. The molecule has 2 rings (SSSR count). The molecule has 1 aromatic rings. The lowest BCUT2D eigenvalue weighted by Gasteiger charge is -2.23. The fourth-order valence-corrected chi connectivity index (χ4v) is 2.64. The highest BCUT2D eigenvalue weighted by atomic mass is 79.9. The van der Waals surface area contributed by atoms with Gasteiger partial charge in [0.1, 0.15) is 5.82 Å². The number of aromatic nitrogens is 2. The van der Waals surface area contributed by atoms with Gasteiger partial charge in [-0.25, -0.2) is 10.8 Å². The molecule has 0 bridgehead atoms. The van der Waals surface area contributed by atoms with Crippen LogP contribution in [0.15, 0.2) is 10.7 Å². The first-order valence-corrected chi connectivity index (χ1v) is 7.11. The van der Waals surface area contributed by atoms with E-state index >= 15 is 0 Å². The first-order chi connectivity index (χ1) is 9.24. The van der Waals surface area contributed by atoms with E-state index in [-0.39, 0.29) is 6.61 Å². The standard InChI is InChI=1S/C11H19BrN6O/c12-9-8-14-11(16-13)15-10(9)18-3-1-2-17(4-5-18)6-7-19/h8,19H,1-7,13H2,(H,14,15,16). The molecule has 0 spiro atoms. The molecule has 0 unspecified atom stereocenters. The summed E-state index contributed by atoms with van der Waals surface area (Å²) in [5.41, 5.74) is 2.47. The van der Waals surface area contributed by atoms with Gasteiger partial charge in [0.2, 0.25) is 5.95 Å². The van der Waals surface area contributed by atoms with Gasteiger partial charge in [-0.05, 0) is 28.9 Å². The Kier molecular flexibility index (Phi) is 5.32. The smallest absolute Gasteiger partial charge is 0.239 e. The molecule has 1 aliphatic rings. The molecule has 1 saturated heterocycles. The maximum absolute atomic E-state index is 9.00. The molecule has 7 nitrogen and oxygen atoms in total. The predicted molar refractivity (Wildman–Crippen MR) is 77.9 cm³/mol. The van der Waals surface area contributed by atoms with Crippen LogP contribution in [0.4, 0.5) is 11.8 Å². The lowest BCUT2D eigenvalue weighted by Crippen LogP contribution is -2.33. The molecule has 0 amide bonds. The zero-order valence-electron chi connectivity index (χ0n) is 10.7. The van der Waals surface area contributed by atoms with Gasteiger partial charge in [0.15, 0.2) is 0 Å². The number of rotatable bonds is 4. The SMILES string of the molecule is NNc1ncc(Br)c(N2CCCN(CCO)CC2)n1. The average molecular weight is 331 g/mol. The van der Waals surface area contributed by atoms with Crippen molar-refractivity contribution in [1.29, 1.82) is 0 Å². The summed E-state index contributed by atoms with van der Waals surface area (Å²) >= 11 is 3.48. The number of anilines is 2. The Morgan fingerprint density at radius 3 is 2.95 bits per heavy atom. The lowest BCUT2D eigenvalue weighted by molar-refractivity contribution is 0.204. The molecule has 1 fully saturated rings. The summed E-state index contributed by atoms with van der Waals surface area (Å²) in [5.74, 6) is 6.61. The van der Waals surface area contributed by atoms with Crippen molar-refractivity contribution in [2.75, 3.05) is 49.7 Å². The summed E-state index contributed by atoms with van der Waals surface area (Å²) in [5, 5.41) is 9.00. The number of nitrogens with zero attached hydrogens (tertiary/aromatic N) is 4. The summed E-state index contributed by atoms with van der Waals surface area (Å²) in [6.07, 6.45) is 2.75. The van der Waals surface area contributed by atoms with Crippen molar-refractivity contribution in [3.63, 3.8) is 0 Å². The zero-order valence-corrected chi connectivity index (χ0v) is 12.3.